The van der Waals surface area contributed by atoms with Crippen LogP contribution in [0.5, 0.6) is 0 Å². The summed E-state index contributed by atoms with van der Waals surface area (Å²) in [4.78, 5) is 24.8. The van der Waals surface area contributed by atoms with Crippen LogP contribution in [-0.2, 0) is 4.79 Å². The van der Waals surface area contributed by atoms with Gasteiger partial charge in [-0.15, -0.1) is 0 Å². The molecule has 2 rings (SSSR count). The number of halogens is 10. The standard InChI is InChI=1S/C23H18BrCl3F6N2O2S/c1-38-9-18(21(37)34-10-22(28,29)30)35-20(36)13-4-2-11(6-15(13)24)3-5-14(23(31,32)33)12-7-16(25)19(27)17(26)8-12/h2-8,14,18H,9-10H2,1H3,(H,34,37)(H,35,36)/b5-3+. The van der Waals surface area contributed by atoms with Crippen molar-refractivity contribution in [3.8, 4) is 0 Å². The Morgan fingerprint density at radius 3 is 2.16 bits per heavy atom. The first-order valence-electron chi connectivity index (χ1n) is 10.4. The van der Waals surface area contributed by atoms with E-state index in [0.29, 0.717) is 0 Å². The highest BCUT2D eigenvalue weighted by molar-refractivity contribution is 9.10. The van der Waals surface area contributed by atoms with Gasteiger partial charge in [-0.05, 0) is 57.6 Å². The van der Waals surface area contributed by atoms with Gasteiger partial charge in [0.15, 0.2) is 0 Å². The zero-order valence-corrected chi connectivity index (χ0v) is 23.8. The quantitative estimate of drug-likeness (QED) is 0.208. The molecule has 2 aromatic carbocycles. The molecule has 15 heteroatoms. The van der Waals surface area contributed by atoms with Gasteiger partial charge in [0, 0.05) is 10.2 Å². The van der Waals surface area contributed by atoms with Gasteiger partial charge in [-0.3, -0.25) is 9.59 Å². The van der Waals surface area contributed by atoms with Crippen LogP contribution in [0, 0.1) is 0 Å². The molecule has 208 valence electrons. The van der Waals surface area contributed by atoms with Crippen molar-refractivity contribution in [2.45, 2.75) is 24.3 Å². The lowest BCUT2D eigenvalue weighted by Gasteiger charge is -2.19. The van der Waals surface area contributed by atoms with Crippen molar-refractivity contribution >= 4 is 80.4 Å². The largest absolute Gasteiger partial charge is 0.405 e. The van der Waals surface area contributed by atoms with E-state index in [-0.39, 0.29) is 42.0 Å². The molecule has 0 aliphatic carbocycles. The first-order chi connectivity index (χ1) is 17.5. The molecule has 0 radical (unpaired) electrons. The van der Waals surface area contributed by atoms with Crippen LogP contribution in [-0.4, -0.2) is 48.8 Å². The summed E-state index contributed by atoms with van der Waals surface area (Å²) in [5.41, 5.74) is 0.0739. The van der Waals surface area contributed by atoms with E-state index in [2.05, 4.69) is 21.2 Å². The van der Waals surface area contributed by atoms with Gasteiger partial charge in [-0.25, -0.2) is 0 Å². The average molecular weight is 687 g/mol. The fourth-order valence-electron chi connectivity index (χ4n) is 3.09. The topological polar surface area (TPSA) is 58.2 Å². The first kappa shape index (κ1) is 32.6. The first-order valence-corrected chi connectivity index (χ1v) is 13.7. The molecule has 0 bridgehead atoms. The summed E-state index contributed by atoms with van der Waals surface area (Å²) >= 11 is 21.9. The van der Waals surface area contributed by atoms with Gasteiger partial charge in [0.2, 0.25) is 5.91 Å². The molecular weight excluding hydrogens is 669 g/mol. The van der Waals surface area contributed by atoms with Gasteiger partial charge >= 0.3 is 12.4 Å². The summed E-state index contributed by atoms with van der Waals surface area (Å²) in [7, 11) is 0. The molecule has 2 N–H and O–H groups in total. The van der Waals surface area contributed by atoms with E-state index in [1.54, 1.807) is 11.6 Å². The van der Waals surface area contributed by atoms with E-state index in [1.165, 1.54) is 24.3 Å². The molecule has 0 aliphatic heterocycles. The number of allylic oxidation sites excluding steroid dienone is 1. The van der Waals surface area contributed by atoms with Crippen LogP contribution in [0.25, 0.3) is 6.08 Å². The second-order valence-electron chi connectivity index (χ2n) is 7.73. The van der Waals surface area contributed by atoms with Crippen molar-refractivity contribution in [1.29, 1.82) is 0 Å². The minimum atomic E-state index is -4.69. The van der Waals surface area contributed by atoms with Crippen molar-refractivity contribution in [3.05, 3.63) is 72.6 Å². The number of hydrogen-bond acceptors (Lipinski definition) is 3. The minimum Gasteiger partial charge on any atom is -0.345 e. The molecule has 0 aromatic heterocycles. The van der Waals surface area contributed by atoms with E-state index < -0.39 is 42.7 Å². The van der Waals surface area contributed by atoms with Gasteiger partial charge in [-0.1, -0.05) is 53.0 Å². The van der Waals surface area contributed by atoms with E-state index in [4.69, 9.17) is 34.8 Å². The third-order valence-electron chi connectivity index (χ3n) is 4.86. The number of carbonyl (C=O) groups excluding carboxylic acids is 2. The number of thioether (sulfide) groups is 1. The molecule has 0 saturated heterocycles. The summed E-state index contributed by atoms with van der Waals surface area (Å²) in [5.74, 6) is -3.85. The lowest BCUT2D eigenvalue weighted by atomic mass is 9.97. The Labute approximate surface area is 241 Å². The maximum Gasteiger partial charge on any atom is 0.405 e. The molecular formula is C23H18BrCl3F6N2O2S. The summed E-state index contributed by atoms with van der Waals surface area (Å²) in [6, 6.07) is 4.90. The summed E-state index contributed by atoms with van der Waals surface area (Å²) in [6.45, 7) is -1.55. The van der Waals surface area contributed by atoms with Gasteiger partial charge in [-0.2, -0.15) is 38.1 Å². The fraction of sp³-hybridized carbons (Fsp3) is 0.304. The molecule has 2 amide bonds. The summed E-state index contributed by atoms with van der Waals surface area (Å²) in [6.07, 6.45) is -5.63. The van der Waals surface area contributed by atoms with Gasteiger partial charge in [0.1, 0.15) is 12.6 Å². The molecule has 0 aliphatic rings. The number of alkyl halides is 6. The second-order valence-corrected chi connectivity index (χ2v) is 10.7. The van der Waals surface area contributed by atoms with Crippen molar-refractivity contribution in [3.63, 3.8) is 0 Å². The van der Waals surface area contributed by atoms with Crippen LogP contribution >= 0.6 is 62.5 Å². The van der Waals surface area contributed by atoms with Crippen LogP contribution < -0.4 is 10.6 Å². The van der Waals surface area contributed by atoms with Crippen LogP contribution in [0.15, 0.2) is 40.9 Å². The molecule has 0 saturated carbocycles. The van der Waals surface area contributed by atoms with Crippen molar-refractivity contribution in [1.82, 2.24) is 10.6 Å². The third kappa shape index (κ3) is 9.55. The molecule has 0 fully saturated rings. The number of benzene rings is 2. The Kier molecular flexibility index (Phi) is 11.7. The van der Waals surface area contributed by atoms with Crippen molar-refractivity contribution in [2.24, 2.45) is 0 Å². The van der Waals surface area contributed by atoms with Crippen LogP contribution in [0.1, 0.15) is 27.4 Å². The van der Waals surface area contributed by atoms with Crippen molar-refractivity contribution < 1.29 is 35.9 Å². The Balaban J connectivity index is 2.24. The molecule has 4 nitrogen and oxygen atoms in total. The number of carbonyl (C=O) groups is 2. The van der Waals surface area contributed by atoms with E-state index >= 15 is 0 Å². The van der Waals surface area contributed by atoms with Crippen LogP contribution in [0.2, 0.25) is 15.1 Å². The normalized spacial score (nSPS) is 13.9. The van der Waals surface area contributed by atoms with Gasteiger partial charge in [0.05, 0.1) is 26.5 Å². The van der Waals surface area contributed by atoms with Crippen LogP contribution in [0.3, 0.4) is 0 Å². The summed E-state index contributed by atoms with van der Waals surface area (Å²) in [5, 5.41) is 3.74. The Morgan fingerprint density at radius 2 is 1.66 bits per heavy atom. The number of rotatable bonds is 9. The third-order valence-corrected chi connectivity index (χ3v) is 7.37. The molecule has 38 heavy (non-hydrogen) atoms. The summed E-state index contributed by atoms with van der Waals surface area (Å²) < 4.78 is 78.7. The molecule has 2 unspecified atom stereocenters. The SMILES string of the molecule is CSCC(NC(=O)c1ccc(/C=C/C(c2cc(Cl)c(Cl)c(Cl)c2)C(F)(F)F)cc1Br)C(=O)NCC(F)(F)F. The van der Waals surface area contributed by atoms with Crippen molar-refractivity contribution in [2.75, 3.05) is 18.6 Å². The second kappa shape index (κ2) is 13.6. The van der Waals surface area contributed by atoms with Gasteiger partial charge in [0.25, 0.3) is 5.91 Å². The fourth-order valence-corrected chi connectivity index (χ4v) is 4.84. The zero-order valence-electron chi connectivity index (χ0n) is 19.1. The average Bonchev–Trinajstić information content (AvgIpc) is 2.79. The maximum absolute atomic E-state index is 13.8. The Hall–Kier alpha value is -1.60. The highest BCUT2D eigenvalue weighted by Gasteiger charge is 2.39. The Morgan fingerprint density at radius 1 is 1.05 bits per heavy atom. The van der Waals surface area contributed by atoms with Crippen LogP contribution in [0.4, 0.5) is 26.3 Å². The predicted octanol–water partition coefficient (Wildman–Crippen LogP) is 7.91. The van der Waals surface area contributed by atoms with Gasteiger partial charge < -0.3 is 10.6 Å². The Bertz CT molecular complexity index is 1190. The predicted molar refractivity (Wildman–Crippen MR) is 142 cm³/mol. The molecule has 2 aromatic rings. The smallest absolute Gasteiger partial charge is 0.345 e. The van der Waals surface area contributed by atoms with E-state index in [9.17, 15) is 35.9 Å². The number of nitrogens with one attached hydrogen (secondary N) is 2. The molecule has 0 heterocycles. The highest BCUT2D eigenvalue weighted by atomic mass is 79.9. The lowest BCUT2D eigenvalue weighted by molar-refractivity contribution is -0.139. The number of amides is 2. The zero-order chi connectivity index (χ0) is 28.8. The monoisotopic (exact) mass is 684 g/mol. The highest BCUT2D eigenvalue weighted by Crippen LogP contribution is 2.41. The van der Waals surface area contributed by atoms with E-state index in [1.807, 2.05) is 0 Å². The lowest BCUT2D eigenvalue weighted by Crippen LogP contribution is -2.50. The molecule has 0 spiro atoms. The molecule has 2 atom stereocenters. The van der Waals surface area contributed by atoms with E-state index in [0.717, 1.165) is 30.0 Å². The maximum atomic E-state index is 13.8. The minimum absolute atomic E-state index is 0.00539. The number of hydrogen-bond donors (Lipinski definition) is 2.